The van der Waals surface area contributed by atoms with Gasteiger partial charge in [0.05, 0.1) is 12.5 Å². The Morgan fingerprint density at radius 3 is 2.59 bits per heavy atom. The highest BCUT2D eigenvalue weighted by molar-refractivity contribution is 5.75. The molecule has 0 aliphatic heterocycles. The Morgan fingerprint density at radius 1 is 1.35 bits per heavy atom. The molecular weight excluding hydrogens is 230 g/mol. The van der Waals surface area contributed by atoms with Gasteiger partial charge in [0, 0.05) is 0 Å². The summed E-state index contributed by atoms with van der Waals surface area (Å²) in [6.07, 6.45) is 0. The molecule has 0 fully saturated rings. The Morgan fingerprint density at radius 2 is 2.00 bits per heavy atom. The first-order chi connectivity index (χ1) is 7.88. The van der Waals surface area contributed by atoms with Gasteiger partial charge in [-0.2, -0.15) is 4.39 Å². The Hall–Kier alpha value is -1.65. The Labute approximate surface area is 98.3 Å². The first-order valence-corrected chi connectivity index (χ1v) is 5.03. The van der Waals surface area contributed by atoms with Crippen molar-refractivity contribution < 1.29 is 23.0 Å². The summed E-state index contributed by atoms with van der Waals surface area (Å²) < 4.78 is 35.8. The van der Waals surface area contributed by atoms with E-state index < -0.39 is 23.0 Å². The lowest BCUT2D eigenvalue weighted by Gasteiger charge is -2.21. The van der Waals surface area contributed by atoms with E-state index in [2.05, 4.69) is 4.74 Å². The van der Waals surface area contributed by atoms with Gasteiger partial charge in [-0.15, -0.1) is 0 Å². The van der Waals surface area contributed by atoms with Crippen LogP contribution in [0, 0.1) is 17.0 Å². The lowest BCUT2D eigenvalue weighted by atomic mass is 9.95. The van der Waals surface area contributed by atoms with Crippen LogP contribution in [-0.2, 0) is 9.53 Å². The monoisotopic (exact) mass is 244 g/mol. The van der Waals surface area contributed by atoms with Crippen LogP contribution in [0.25, 0.3) is 0 Å². The highest BCUT2D eigenvalue weighted by Gasteiger charge is 2.30. The van der Waals surface area contributed by atoms with Gasteiger partial charge in [0.25, 0.3) is 0 Å². The van der Waals surface area contributed by atoms with Gasteiger partial charge in [-0.3, -0.25) is 4.79 Å². The summed E-state index contributed by atoms with van der Waals surface area (Å²) in [5, 5.41) is 0. The molecule has 5 heteroatoms. The second-order valence-electron chi connectivity index (χ2n) is 4.22. The number of esters is 1. The second kappa shape index (κ2) is 5.12. The van der Waals surface area contributed by atoms with E-state index in [1.807, 2.05) is 0 Å². The van der Waals surface area contributed by atoms with Crippen molar-refractivity contribution >= 4 is 5.97 Å². The first-order valence-electron chi connectivity index (χ1n) is 5.03. The number of carbonyl (C=O) groups is 1. The van der Waals surface area contributed by atoms with Gasteiger partial charge in [-0.05, 0) is 26.0 Å². The third-order valence-electron chi connectivity index (χ3n) is 2.24. The molecule has 17 heavy (non-hydrogen) atoms. The first kappa shape index (κ1) is 13.4. The van der Waals surface area contributed by atoms with Crippen molar-refractivity contribution in [2.24, 2.45) is 5.41 Å². The summed E-state index contributed by atoms with van der Waals surface area (Å²) in [7, 11) is 1.26. The van der Waals surface area contributed by atoms with Crippen molar-refractivity contribution in [2.45, 2.75) is 13.8 Å². The average molecular weight is 244 g/mol. The van der Waals surface area contributed by atoms with Crippen LogP contribution in [0.3, 0.4) is 0 Å². The molecular formula is C12H14F2O3. The Balaban J connectivity index is 2.74. The third-order valence-corrected chi connectivity index (χ3v) is 2.24. The van der Waals surface area contributed by atoms with Crippen LogP contribution in [0.15, 0.2) is 18.2 Å². The predicted molar refractivity (Wildman–Crippen MR) is 57.7 cm³/mol. The molecule has 0 N–H and O–H groups in total. The number of methoxy groups -OCH3 is 1. The number of hydrogen-bond donors (Lipinski definition) is 0. The maximum Gasteiger partial charge on any atom is 0.314 e. The standard InChI is InChI=1S/C12H14F2O3/c1-12(2,11(15)16-3)7-17-9-6-4-5-8(13)10(9)14/h4-6H,7H2,1-3H3. The van der Waals surface area contributed by atoms with Crippen molar-refractivity contribution in [1.82, 2.24) is 0 Å². The Bertz CT molecular complexity index is 416. The molecule has 0 aliphatic carbocycles. The van der Waals surface area contributed by atoms with Crippen molar-refractivity contribution in [3.63, 3.8) is 0 Å². The maximum atomic E-state index is 13.2. The van der Waals surface area contributed by atoms with Crippen LogP contribution in [0.2, 0.25) is 0 Å². The van der Waals surface area contributed by atoms with E-state index in [1.165, 1.54) is 19.2 Å². The van der Waals surface area contributed by atoms with Crippen LogP contribution in [0.5, 0.6) is 5.75 Å². The molecule has 3 nitrogen and oxygen atoms in total. The van der Waals surface area contributed by atoms with Crippen LogP contribution in [0.4, 0.5) is 8.78 Å². The molecule has 0 aliphatic rings. The van der Waals surface area contributed by atoms with Gasteiger partial charge < -0.3 is 9.47 Å². The van der Waals surface area contributed by atoms with Gasteiger partial charge >= 0.3 is 5.97 Å². The predicted octanol–water partition coefficient (Wildman–Crippen LogP) is 2.54. The van der Waals surface area contributed by atoms with E-state index in [4.69, 9.17) is 4.74 Å². The summed E-state index contributed by atoms with van der Waals surface area (Å²) in [5.41, 5.74) is -0.923. The fraction of sp³-hybridized carbons (Fsp3) is 0.417. The third kappa shape index (κ3) is 3.15. The lowest BCUT2D eigenvalue weighted by molar-refractivity contribution is -0.152. The molecule has 0 unspecified atom stereocenters. The number of halogens is 2. The minimum Gasteiger partial charge on any atom is -0.489 e. The van der Waals surface area contributed by atoms with Crippen molar-refractivity contribution in [1.29, 1.82) is 0 Å². The molecule has 1 aromatic rings. The molecule has 0 heterocycles. The number of benzene rings is 1. The number of carbonyl (C=O) groups excluding carboxylic acids is 1. The van der Waals surface area contributed by atoms with E-state index in [0.29, 0.717) is 0 Å². The summed E-state index contributed by atoms with van der Waals surface area (Å²) in [6, 6.07) is 3.62. The largest absolute Gasteiger partial charge is 0.489 e. The van der Waals surface area contributed by atoms with Crippen LogP contribution in [0.1, 0.15) is 13.8 Å². The number of hydrogen-bond acceptors (Lipinski definition) is 3. The van der Waals surface area contributed by atoms with E-state index in [1.54, 1.807) is 13.8 Å². The van der Waals surface area contributed by atoms with E-state index >= 15 is 0 Å². The van der Waals surface area contributed by atoms with Crippen molar-refractivity contribution in [3.05, 3.63) is 29.8 Å². The van der Waals surface area contributed by atoms with Crippen molar-refractivity contribution in [3.8, 4) is 5.75 Å². The molecule has 0 saturated carbocycles. The normalized spacial score (nSPS) is 11.1. The summed E-state index contributed by atoms with van der Waals surface area (Å²) >= 11 is 0. The number of ether oxygens (including phenoxy) is 2. The van der Waals surface area contributed by atoms with Crippen LogP contribution >= 0.6 is 0 Å². The Kier molecular flexibility index (Phi) is 4.04. The molecule has 0 saturated heterocycles. The molecule has 0 atom stereocenters. The molecule has 0 spiro atoms. The molecule has 1 aromatic carbocycles. The summed E-state index contributed by atoms with van der Waals surface area (Å²) in [4.78, 5) is 11.3. The maximum absolute atomic E-state index is 13.2. The van der Waals surface area contributed by atoms with E-state index in [0.717, 1.165) is 6.07 Å². The minimum absolute atomic E-state index is 0.0972. The zero-order chi connectivity index (χ0) is 13.1. The highest BCUT2D eigenvalue weighted by Crippen LogP contribution is 2.23. The highest BCUT2D eigenvalue weighted by atomic mass is 19.2. The molecule has 0 aromatic heterocycles. The van der Waals surface area contributed by atoms with Gasteiger partial charge in [0.1, 0.15) is 6.61 Å². The van der Waals surface area contributed by atoms with Crippen LogP contribution < -0.4 is 4.74 Å². The zero-order valence-corrected chi connectivity index (χ0v) is 9.92. The van der Waals surface area contributed by atoms with E-state index in [9.17, 15) is 13.6 Å². The second-order valence-corrected chi connectivity index (χ2v) is 4.22. The lowest BCUT2D eigenvalue weighted by Crippen LogP contribution is -2.32. The SMILES string of the molecule is COC(=O)C(C)(C)COc1cccc(F)c1F. The van der Waals surface area contributed by atoms with Gasteiger partial charge in [0.2, 0.25) is 5.82 Å². The summed E-state index contributed by atoms with van der Waals surface area (Å²) in [6.45, 7) is 3.09. The zero-order valence-electron chi connectivity index (χ0n) is 9.92. The molecule has 94 valence electrons. The quantitative estimate of drug-likeness (QED) is 0.763. The van der Waals surface area contributed by atoms with Gasteiger partial charge in [-0.25, -0.2) is 4.39 Å². The van der Waals surface area contributed by atoms with Gasteiger partial charge in [0.15, 0.2) is 11.6 Å². The molecule has 0 bridgehead atoms. The average Bonchev–Trinajstić information content (AvgIpc) is 2.30. The molecule has 1 rings (SSSR count). The molecule has 0 amide bonds. The summed E-state index contributed by atoms with van der Waals surface area (Å²) in [5.74, 6) is -2.75. The fourth-order valence-electron chi connectivity index (χ4n) is 1.19. The fourth-order valence-corrected chi connectivity index (χ4v) is 1.19. The smallest absolute Gasteiger partial charge is 0.314 e. The number of rotatable bonds is 4. The topological polar surface area (TPSA) is 35.5 Å². The van der Waals surface area contributed by atoms with Gasteiger partial charge in [-0.1, -0.05) is 6.07 Å². The van der Waals surface area contributed by atoms with Crippen LogP contribution in [-0.4, -0.2) is 19.7 Å². The molecule has 0 radical (unpaired) electrons. The minimum atomic E-state index is -1.06. The van der Waals surface area contributed by atoms with Crippen molar-refractivity contribution in [2.75, 3.05) is 13.7 Å². The van der Waals surface area contributed by atoms with E-state index in [-0.39, 0.29) is 12.4 Å².